The first-order valence-electron chi connectivity index (χ1n) is 8.13. The molecule has 0 fully saturated rings. The van der Waals surface area contributed by atoms with Gasteiger partial charge in [-0.3, -0.25) is 14.9 Å². The highest BCUT2D eigenvalue weighted by Crippen LogP contribution is 2.29. The minimum absolute atomic E-state index is 0.101. The number of aromatic nitrogens is 1. The molecule has 1 heterocycles. The summed E-state index contributed by atoms with van der Waals surface area (Å²) < 4.78 is 5.57. The van der Waals surface area contributed by atoms with Crippen molar-refractivity contribution >= 4 is 38.9 Å². The van der Waals surface area contributed by atoms with Crippen LogP contribution in [0.4, 0.5) is 5.13 Å². The zero-order valence-electron chi connectivity index (χ0n) is 13.5. The summed E-state index contributed by atoms with van der Waals surface area (Å²) in [6.07, 6.45) is 2.18. The van der Waals surface area contributed by atoms with Gasteiger partial charge in [0.05, 0.1) is 10.6 Å². The van der Waals surface area contributed by atoms with Gasteiger partial charge in [0, 0.05) is 6.42 Å². The van der Waals surface area contributed by atoms with Crippen LogP contribution in [-0.2, 0) is 11.2 Å². The van der Waals surface area contributed by atoms with Gasteiger partial charge >= 0.3 is 0 Å². The Labute approximate surface area is 148 Å². The number of thiazole rings is 1. The first-order chi connectivity index (χ1) is 12.2. The van der Waals surface area contributed by atoms with E-state index in [0.29, 0.717) is 22.2 Å². The maximum absolute atomic E-state index is 12.1. The van der Waals surface area contributed by atoms with Crippen molar-refractivity contribution in [2.24, 2.45) is 0 Å². The van der Waals surface area contributed by atoms with Crippen LogP contribution in [0.2, 0.25) is 0 Å². The van der Waals surface area contributed by atoms with E-state index in [-0.39, 0.29) is 18.3 Å². The van der Waals surface area contributed by atoms with Gasteiger partial charge in [0.25, 0.3) is 5.91 Å². The number of nitrogens with one attached hydrogen (secondary N) is 1. The topological polar surface area (TPSA) is 68.3 Å². The molecule has 0 saturated carbocycles. The number of Topliss-reactive ketones (excluding diaryl/α,β-unsaturated/α-hetero) is 1. The molecule has 0 bridgehead atoms. The summed E-state index contributed by atoms with van der Waals surface area (Å²) in [6, 6.07) is 13.7. The number of rotatable bonds is 4. The summed E-state index contributed by atoms with van der Waals surface area (Å²) in [5, 5.41) is 5.37. The quantitative estimate of drug-likeness (QED) is 0.775. The van der Waals surface area contributed by atoms with Crippen molar-refractivity contribution < 1.29 is 14.3 Å². The number of fused-ring (bicyclic) bond motifs is 2. The molecule has 0 radical (unpaired) electrons. The highest BCUT2D eigenvalue weighted by molar-refractivity contribution is 7.17. The molecular formula is C19H16N2O3S. The summed E-state index contributed by atoms with van der Waals surface area (Å²) >= 11 is 1.25. The second-order valence-corrected chi connectivity index (χ2v) is 6.92. The zero-order chi connectivity index (χ0) is 17.2. The molecule has 0 saturated heterocycles. The third kappa shape index (κ3) is 3.39. The first-order valence-corrected chi connectivity index (χ1v) is 8.95. The van der Waals surface area contributed by atoms with Gasteiger partial charge in [0.15, 0.2) is 17.5 Å². The fraction of sp³-hybridized carbons (Fsp3) is 0.211. The van der Waals surface area contributed by atoms with Crippen molar-refractivity contribution in [3.05, 3.63) is 53.0 Å². The number of ketones is 1. The maximum atomic E-state index is 12.1. The monoisotopic (exact) mass is 352 g/mol. The molecule has 1 aliphatic carbocycles. The van der Waals surface area contributed by atoms with Crippen LogP contribution in [0.25, 0.3) is 10.8 Å². The highest BCUT2D eigenvalue weighted by Gasteiger charge is 2.22. The van der Waals surface area contributed by atoms with Crippen LogP contribution in [-0.4, -0.2) is 23.3 Å². The van der Waals surface area contributed by atoms with Crippen molar-refractivity contribution in [3.63, 3.8) is 0 Å². The lowest BCUT2D eigenvalue weighted by molar-refractivity contribution is -0.118. The molecular weight excluding hydrogens is 336 g/mol. The lowest BCUT2D eigenvalue weighted by atomic mass is 10.0. The SMILES string of the molecule is O=C(COc1ccc2ccccc2c1)Nc1nc2c(s1)C(=O)CCC2. The van der Waals surface area contributed by atoms with Crippen molar-refractivity contribution in [3.8, 4) is 5.75 Å². The van der Waals surface area contributed by atoms with Crippen LogP contribution >= 0.6 is 11.3 Å². The number of hydrogen-bond acceptors (Lipinski definition) is 5. The number of hydrogen-bond donors (Lipinski definition) is 1. The molecule has 1 aromatic heterocycles. The third-order valence-electron chi connectivity index (χ3n) is 4.11. The number of aryl methyl sites for hydroxylation is 1. The normalized spacial score (nSPS) is 13.5. The van der Waals surface area contributed by atoms with Gasteiger partial charge in [-0.05, 0) is 35.7 Å². The van der Waals surface area contributed by atoms with E-state index >= 15 is 0 Å². The Morgan fingerprint density at radius 3 is 2.84 bits per heavy atom. The Bertz CT molecular complexity index is 964. The van der Waals surface area contributed by atoms with Gasteiger partial charge in [-0.25, -0.2) is 4.98 Å². The number of amides is 1. The summed E-state index contributed by atoms with van der Waals surface area (Å²) in [5.41, 5.74) is 0.798. The van der Waals surface area contributed by atoms with Crippen molar-refractivity contribution in [2.75, 3.05) is 11.9 Å². The third-order valence-corrected chi connectivity index (χ3v) is 5.16. The molecule has 0 atom stereocenters. The average molecular weight is 352 g/mol. The molecule has 5 nitrogen and oxygen atoms in total. The molecule has 126 valence electrons. The Hall–Kier alpha value is -2.73. The maximum Gasteiger partial charge on any atom is 0.264 e. The van der Waals surface area contributed by atoms with Gasteiger partial charge in [0.1, 0.15) is 5.75 Å². The van der Waals surface area contributed by atoms with Crippen LogP contribution in [0.3, 0.4) is 0 Å². The molecule has 2 aromatic carbocycles. The van der Waals surface area contributed by atoms with Gasteiger partial charge in [-0.1, -0.05) is 41.7 Å². The van der Waals surface area contributed by atoms with E-state index in [1.165, 1.54) is 11.3 Å². The minimum atomic E-state index is -0.285. The van der Waals surface area contributed by atoms with Crippen LogP contribution in [0.15, 0.2) is 42.5 Å². The number of anilines is 1. The van der Waals surface area contributed by atoms with E-state index in [9.17, 15) is 9.59 Å². The molecule has 1 aliphatic rings. The summed E-state index contributed by atoms with van der Waals surface area (Å²) in [4.78, 5) is 28.9. The van der Waals surface area contributed by atoms with E-state index in [4.69, 9.17) is 4.74 Å². The van der Waals surface area contributed by atoms with Gasteiger partial charge in [-0.2, -0.15) is 0 Å². The molecule has 0 aliphatic heterocycles. The predicted molar refractivity (Wildman–Crippen MR) is 97.5 cm³/mol. The summed E-state index contributed by atoms with van der Waals surface area (Å²) in [5.74, 6) is 0.473. The molecule has 0 unspecified atom stereocenters. The molecule has 4 rings (SSSR count). The number of carbonyl (C=O) groups is 2. The Morgan fingerprint density at radius 1 is 1.16 bits per heavy atom. The predicted octanol–water partition coefficient (Wildman–Crippen LogP) is 3.83. The smallest absolute Gasteiger partial charge is 0.264 e. The molecule has 3 aromatic rings. The van der Waals surface area contributed by atoms with Crippen LogP contribution in [0.1, 0.15) is 28.2 Å². The Kier molecular flexibility index (Phi) is 4.19. The van der Waals surface area contributed by atoms with Crippen molar-refractivity contribution in [2.45, 2.75) is 19.3 Å². The van der Waals surface area contributed by atoms with E-state index in [0.717, 1.165) is 29.3 Å². The van der Waals surface area contributed by atoms with Crippen LogP contribution in [0.5, 0.6) is 5.75 Å². The Balaban J connectivity index is 1.39. The summed E-state index contributed by atoms with van der Waals surface area (Å²) in [7, 11) is 0. The van der Waals surface area contributed by atoms with E-state index in [2.05, 4.69) is 10.3 Å². The molecule has 1 amide bonds. The fourth-order valence-corrected chi connectivity index (χ4v) is 3.88. The van der Waals surface area contributed by atoms with E-state index in [1.807, 2.05) is 42.5 Å². The standard InChI is InChI=1S/C19H16N2O3S/c22-16-7-3-6-15-18(16)25-19(20-15)21-17(23)11-24-14-9-8-12-4-1-2-5-13(12)10-14/h1-2,4-5,8-10H,3,6-7,11H2,(H,20,21,23). The average Bonchev–Trinajstić information content (AvgIpc) is 3.03. The summed E-state index contributed by atoms with van der Waals surface area (Å²) in [6.45, 7) is -0.101. The van der Waals surface area contributed by atoms with Crippen LogP contribution < -0.4 is 10.1 Å². The van der Waals surface area contributed by atoms with Gasteiger partial charge in [0.2, 0.25) is 0 Å². The second-order valence-electron chi connectivity index (χ2n) is 5.92. The van der Waals surface area contributed by atoms with Gasteiger partial charge in [-0.15, -0.1) is 0 Å². The number of carbonyl (C=O) groups excluding carboxylic acids is 2. The molecule has 25 heavy (non-hydrogen) atoms. The molecule has 6 heteroatoms. The molecule has 1 N–H and O–H groups in total. The second kappa shape index (κ2) is 6.64. The molecule has 0 spiro atoms. The van der Waals surface area contributed by atoms with Crippen molar-refractivity contribution in [1.29, 1.82) is 0 Å². The number of nitrogens with zero attached hydrogens (tertiary/aromatic N) is 1. The zero-order valence-corrected chi connectivity index (χ0v) is 14.3. The van der Waals surface area contributed by atoms with Gasteiger partial charge < -0.3 is 4.74 Å². The number of benzene rings is 2. The van der Waals surface area contributed by atoms with E-state index < -0.39 is 0 Å². The van der Waals surface area contributed by atoms with Crippen LogP contribution in [0, 0.1) is 0 Å². The Morgan fingerprint density at radius 2 is 2.00 bits per heavy atom. The van der Waals surface area contributed by atoms with Crippen molar-refractivity contribution in [1.82, 2.24) is 4.98 Å². The largest absolute Gasteiger partial charge is 0.484 e. The number of ether oxygens (including phenoxy) is 1. The fourth-order valence-electron chi connectivity index (χ4n) is 2.88. The highest BCUT2D eigenvalue weighted by atomic mass is 32.1. The minimum Gasteiger partial charge on any atom is -0.484 e. The first kappa shape index (κ1) is 15.8. The lowest BCUT2D eigenvalue weighted by Crippen LogP contribution is -2.20. The van der Waals surface area contributed by atoms with E-state index in [1.54, 1.807) is 0 Å². The lowest BCUT2D eigenvalue weighted by Gasteiger charge is -2.07.